The number of carbonyl (C=O) groups excluding carboxylic acids is 1. The van der Waals surface area contributed by atoms with E-state index in [1.165, 1.54) is 24.3 Å². The van der Waals surface area contributed by atoms with E-state index in [0.29, 0.717) is 15.6 Å². The molecule has 2 rings (SSSR count). The molecule has 0 spiro atoms. The van der Waals surface area contributed by atoms with Gasteiger partial charge in [-0.1, -0.05) is 35.3 Å². The molecular formula is C15H12Cl2NO4S-. The van der Waals surface area contributed by atoms with Gasteiger partial charge in [0.05, 0.1) is 17.4 Å². The molecule has 0 aliphatic heterocycles. The highest BCUT2D eigenvalue weighted by Gasteiger charge is 2.24. The van der Waals surface area contributed by atoms with Gasteiger partial charge in [-0.15, -0.1) is 0 Å². The quantitative estimate of drug-likeness (QED) is 0.775. The first-order valence-corrected chi connectivity index (χ1v) is 8.68. The van der Waals surface area contributed by atoms with Gasteiger partial charge in [-0.3, -0.25) is 0 Å². The van der Waals surface area contributed by atoms with Crippen molar-refractivity contribution in [3.8, 4) is 0 Å². The van der Waals surface area contributed by atoms with Crippen molar-refractivity contribution in [2.45, 2.75) is 11.4 Å². The Kier molecular flexibility index (Phi) is 5.64. The molecule has 0 saturated carbocycles. The van der Waals surface area contributed by atoms with Gasteiger partial charge in [0.2, 0.25) is 10.0 Å². The lowest BCUT2D eigenvalue weighted by Crippen LogP contribution is -2.41. The number of carboxylic acid groups (broad SMARTS) is 1. The zero-order chi connectivity index (χ0) is 17.0. The summed E-state index contributed by atoms with van der Waals surface area (Å²) in [4.78, 5) is 10.9. The second kappa shape index (κ2) is 7.31. The standard InChI is InChI=1S/C15H13Cl2NO4S/c16-12-3-1-11(2-4-12)9-18(10-15(19)20)23(21,22)14-7-5-13(17)6-8-14/h1-8H,9-10H2,(H,19,20)/p-1. The Hall–Kier alpha value is -1.60. The van der Waals surface area contributed by atoms with E-state index >= 15 is 0 Å². The number of halogens is 2. The lowest BCUT2D eigenvalue weighted by atomic mass is 10.2. The lowest BCUT2D eigenvalue weighted by molar-refractivity contribution is -0.305. The molecule has 122 valence electrons. The third kappa shape index (κ3) is 4.68. The van der Waals surface area contributed by atoms with Gasteiger partial charge in [-0.25, -0.2) is 8.42 Å². The molecule has 0 aliphatic rings. The summed E-state index contributed by atoms with van der Waals surface area (Å²) in [5, 5.41) is 11.8. The van der Waals surface area contributed by atoms with Crippen LogP contribution in [0.5, 0.6) is 0 Å². The monoisotopic (exact) mass is 372 g/mol. The minimum atomic E-state index is -4.00. The summed E-state index contributed by atoms with van der Waals surface area (Å²) in [5.74, 6) is -1.49. The molecule has 0 atom stereocenters. The van der Waals surface area contributed by atoms with Crippen molar-refractivity contribution in [2.24, 2.45) is 0 Å². The average Bonchev–Trinajstić information content (AvgIpc) is 2.49. The molecule has 5 nitrogen and oxygen atoms in total. The number of aliphatic carboxylic acids is 1. The van der Waals surface area contributed by atoms with E-state index in [-0.39, 0.29) is 11.4 Å². The summed E-state index contributed by atoms with van der Waals surface area (Å²) < 4.78 is 26.1. The van der Waals surface area contributed by atoms with Gasteiger partial charge >= 0.3 is 0 Å². The normalized spacial score (nSPS) is 11.6. The van der Waals surface area contributed by atoms with Gasteiger partial charge in [-0.2, -0.15) is 4.31 Å². The predicted octanol–water partition coefficient (Wildman–Crippen LogP) is 1.93. The Balaban J connectivity index is 2.34. The topological polar surface area (TPSA) is 77.5 Å². The summed E-state index contributed by atoms with van der Waals surface area (Å²) in [6.07, 6.45) is 0. The largest absolute Gasteiger partial charge is 0.549 e. The van der Waals surface area contributed by atoms with Gasteiger partial charge in [0.1, 0.15) is 0 Å². The van der Waals surface area contributed by atoms with Crippen molar-refractivity contribution in [1.82, 2.24) is 4.31 Å². The molecule has 0 aliphatic carbocycles. The van der Waals surface area contributed by atoms with Crippen LogP contribution >= 0.6 is 23.2 Å². The predicted molar refractivity (Wildman–Crippen MR) is 85.5 cm³/mol. The summed E-state index contributed by atoms with van der Waals surface area (Å²) in [5.41, 5.74) is 0.605. The van der Waals surface area contributed by atoms with Crippen LogP contribution in [0.3, 0.4) is 0 Å². The highest BCUT2D eigenvalue weighted by Crippen LogP contribution is 2.21. The molecule has 2 aromatic carbocycles. The summed E-state index contributed by atoms with van der Waals surface area (Å²) >= 11 is 11.5. The van der Waals surface area contributed by atoms with Crippen molar-refractivity contribution in [1.29, 1.82) is 0 Å². The van der Waals surface area contributed by atoms with Crippen molar-refractivity contribution < 1.29 is 18.3 Å². The minimum Gasteiger partial charge on any atom is -0.549 e. The number of rotatable bonds is 6. The van der Waals surface area contributed by atoms with Gasteiger partial charge in [0, 0.05) is 16.6 Å². The Morgan fingerprint density at radius 2 is 1.43 bits per heavy atom. The second-order valence-electron chi connectivity index (χ2n) is 4.73. The summed E-state index contributed by atoms with van der Waals surface area (Å²) in [6, 6.07) is 11.9. The van der Waals surface area contributed by atoms with Crippen molar-refractivity contribution in [2.75, 3.05) is 6.54 Å². The van der Waals surface area contributed by atoms with E-state index in [0.717, 1.165) is 4.31 Å². The van der Waals surface area contributed by atoms with Crippen LogP contribution in [-0.4, -0.2) is 25.2 Å². The van der Waals surface area contributed by atoms with Gasteiger partial charge in [0.25, 0.3) is 0 Å². The number of carbonyl (C=O) groups is 1. The molecule has 2 aromatic rings. The third-order valence-corrected chi connectivity index (χ3v) is 5.34. The van der Waals surface area contributed by atoms with Crippen molar-refractivity contribution >= 4 is 39.2 Å². The number of carboxylic acids is 1. The van der Waals surface area contributed by atoms with Gasteiger partial charge < -0.3 is 9.90 Å². The summed E-state index contributed by atoms with van der Waals surface area (Å²) in [6.45, 7) is -0.871. The molecule has 23 heavy (non-hydrogen) atoms. The zero-order valence-electron chi connectivity index (χ0n) is 11.8. The van der Waals surface area contributed by atoms with Crippen LogP contribution in [0.1, 0.15) is 5.56 Å². The first-order chi connectivity index (χ1) is 10.8. The maximum atomic E-state index is 12.6. The molecule has 0 saturated heterocycles. The zero-order valence-corrected chi connectivity index (χ0v) is 14.1. The van der Waals surface area contributed by atoms with Gasteiger partial charge in [-0.05, 0) is 42.0 Å². The SMILES string of the molecule is O=C([O-])CN(Cc1ccc(Cl)cc1)S(=O)(=O)c1ccc(Cl)cc1. The van der Waals surface area contributed by atoms with Crippen LogP contribution in [0, 0.1) is 0 Å². The highest BCUT2D eigenvalue weighted by molar-refractivity contribution is 7.89. The van der Waals surface area contributed by atoms with Crippen LogP contribution in [0.2, 0.25) is 10.0 Å². The maximum Gasteiger partial charge on any atom is 0.243 e. The maximum absolute atomic E-state index is 12.6. The Morgan fingerprint density at radius 3 is 1.91 bits per heavy atom. The number of hydrogen-bond acceptors (Lipinski definition) is 4. The number of nitrogens with zero attached hydrogens (tertiary/aromatic N) is 1. The smallest absolute Gasteiger partial charge is 0.243 e. The van der Waals surface area contributed by atoms with Crippen LogP contribution in [0.4, 0.5) is 0 Å². The van der Waals surface area contributed by atoms with Gasteiger partial charge in [0.15, 0.2) is 0 Å². The van der Waals surface area contributed by atoms with E-state index in [9.17, 15) is 18.3 Å². The fourth-order valence-electron chi connectivity index (χ4n) is 1.92. The Bertz CT molecular complexity index is 789. The molecule has 0 N–H and O–H groups in total. The fourth-order valence-corrected chi connectivity index (χ4v) is 3.54. The van der Waals surface area contributed by atoms with Crippen LogP contribution in [-0.2, 0) is 21.4 Å². The molecule has 0 amide bonds. The summed E-state index contributed by atoms with van der Waals surface area (Å²) in [7, 11) is -4.00. The molecule has 0 radical (unpaired) electrons. The average molecular weight is 373 g/mol. The third-order valence-electron chi connectivity index (χ3n) is 3.03. The molecular weight excluding hydrogens is 361 g/mol. The Morgan fingerprint density at radius 1 is 0.957 bits per heavy atom. The van der Waals surface area contributed by atoms with Crippen LogP contribution in [0.15, 0.2) is 53.4 Å². The molecule has 0 fully saturated rings. The molecule has 0 bridgehead atoms. The Labute approximate surface area is 144 Å². The van der Waals surface area contributed by atoms with Crippen LogP contribution in [0.25, 0.3) is 0 Å². The minimum absolute atomic E-state index is 0.0443. The van der Waals surface area contributed by atoms with E-state index in [1.807, 2.05) is 0 Å². The van der Waals surface area contributed by atoms with E-state index in [1.54, 1.807) is 24.3 Å². The van der Waals surface area contributed by atoms with E-state index in [4.69, 9.17) is 23.2 Å². The van der Waals surface area contributed by atoms with E-state index < -0.39 is 22.5 Å². The lowest BCUT2D eigenvalue weighted by Gasteiger charge is -2.23. The molecule has 8 heteroatoms. The fraction of sp³-hybridized carbons (Fsp3) is 0.133. The first kappa shape index (κ1) is 17.7. The number of benzene rings is 2. The highest BCUT2D eigenvalue weighted by atomic mass is 35.5. The second-order valence-corrected chi connectivity index (χ2v) is 7.54. The first-order valence-electron chi connectivity index (χ1n) is 6.49. The number of hydrogen-bond donors (Lipinski definition) is 0. The van der Waals surface area contributed by atoms with Crippen LogP contribution < -0.4 is 5.11 Å². The molecule has 0 heterocycles. The van der Waals surface area contributed by atoms with E-state index in [2.05, 4.69) is 0 Å². The van der Waals surface area contributed by atoms with Crippen molar-refractivity contribution in [3.05, 3.63) is 64.1 Å². The molecule has 0 aromatic heterocycles. The molecule has 0 unspecified atom stereocenters. The van der Waals surface area contributed by atoms with Crippen molar-refractivity contribution in [3.63, 3.8) is 0 Å². The number of sulfonamides is 1.